The summed E-state index contributed by atoms with van der Waals surface area (Å²) in [4.78, 5) is 16.9. The molecule has 0 bridgehead atoms. The molecule has 0 saturated carbocycles. The highest BCUT2D eigenvalue weighted by atomic mass is 79.9. The van der Waals surface area contributed by atoms with Crippen molar-refractivity contribution in [1.82, 2.24) is 29.8 Å². The Kier molecular flexibility index (Phi) is 4.28. The lowest BCUT2D eigenvalue weighted by molar-refractivity contribution is 0.521. The normalized spacial score (nSPS) is 11.2. The van der Waals surface area contributed by atoms with Crippen LogP contribution in [0.3, 0.4) is 0 Å². The molecular weight excluding hydrogens is 348 g/mol. The summed E-state index contributed by atoms with van der Waals surface area (Å²) in [5.74, 6) is 0.659. The quantitative estimate of drug-likeness (QED) is 0.693. The average Bonchev–Trinajstić information content (AvgIpc) is 2.96. The highest BCUT2D eigenvalue weighted by Gasteiger charge is 2.10. The van der Waals surface area contributed by atoms with Crippen LogP contribution < -0.4 is 5.56 Å². The maximum absolute atomic E-state index is 12.6. The van der Waals surface area contributed by atoms with Crippen LogP contribution in [-0.4, -0.2) is 29.8 Å². The molecule has 2 heterocycles. The standard InChI is InChI=1S/C14H15BrN6O/c1-2-3-6-21-13(17-18-19-21)8-20-9-16-12-5-4-10(15)7-11(12)14(20)22/h4-5,7,9H,2-3,6,8H2,1H3. The Morgan fingerprint density at radius 3 is 3.00 bits per heavy atom. The third kappa shape index (κ3) is 2.92. The van der Waals surface area contributed by atoms with Crippen LogP contribution in [0.15, 0.2) is 33.8 Å². The fraction of sp³-hybridized carbons (Fsp3) is 0.357. The van der Waals surface area contributed by atoms with Gasteiger partial charge in [-0.25, -0.2) is 9.67 Å². The van der Waals surface area contributed by atoms with Gasteiger partial charge in [-0.3, -0.25) is 9.36 Å². The first kappa shape index (κ1) is 14.8. The molecule has 3 aromatic rings. The highest BCUT2D eigenvalue weighted by molar-refractivity contribution is 9.10. The zero-order chi connectivity index (χ0) is 15.5. The molecule has 0 aliphatic carbocycles. The van der Waals surface area contributed by atoms with Crippen LogP contribution in [0.5, 0.6) is 0 Å². The van der Waals surface area contributed by atoms with E-state index < -0.39 is 0 Å². The Bertz CT molecular complexity index is 856. The lowest BCUT2D eigenvalue weighted by Gasteiger charge is -2.07. The summed E-state index contributed by atoms with van der Waals surface area (Å²) in [5.41, 5.74) is 0.575. The van der Waals surface area contributed by atoms with E-state index in [0.717, 1.165) is 23.9 Å². The number of rotatable bonds is 5. The number of hydrogen-bond acceptors (Lipinski definition) is 5. The second kappa shape index (κ2) is 6.35. The Morgan fingerprint density at radius 2 is 2.18 bits per heavy atom. The van der Waals surface area contributed by atoms with E-state index in [1.807, 2.05) is 12.1 Å². The molecule has 0 N–H and O–H groups in total. The van der Waals surface area contributed by atoms with Crippen LogP contribution in [0.2, 0.25) is 0 Å². The summed E-state index contributed by atoms with van der Waals surface area (Å²) in [6.07, 6.45) is 3.60. The molecule has 1 aromatic carbocycles. The third-order valence-electron chi connectivity index (χ3n) is 3.43. The van der Waals surface area contributed by atoms with E-state index in [2.05, 4.69) is 43.4 Å². The SMILES string of the molecule is CCCCn1nnnc1Cn1cnc2ccc(Br)cc2c1=O. The topological polar surface area (TPSA) is 78.5 Å². The largest absolute Gasteiger partial charge is 0.291 e. The van der Waals surface area contributed by atoms with Gasteiger partial charge in [0.2, 0.25) is 0 Å². The molecule has 8 heteroatoms. The van der Waals surface area contributed by atoms with Gasteiger partial charge >= 0.3 is 0 Å². The van der Waals surface area contributed by atoms with Crippen molar-refractivity contribution >= 4 is 26.8 Å². The molecule has 0 aliphatic heterocycles. The van der Waals surface area contributed by atoms with Gasteiger partial charge in [-0.05, 0) is 35.0 Å². The zero-order valence-corrected chi connectivity index (χ0v) is 13.7. The maximum atomic E-state index is 12.6. The van der Waals surface area contributed by atoms with E-state index in [1.165, 1.54) is 10.9 Å². The fourth-order valence-electron chi connectivity index (χ4n) is 2.21. The van der Waals surface area contributed by atoms with Crippen LogP contribution in [0.1, 0.15) is 25.6 Å². The lowest BCUT2D eigenvalue weighted by atomic mass is 10.2. The van der Waals surface area contributed by atoms with Gasteiger partial charge in [-0.1, -0.05) is 29.3 Å². The van der Waals surface area contributed by atoms with Gasteiger partial charge < -0.3 is 0 Å². The molecule has 0 fully saturated rings. The Hall–Kier alpha value is -2.09. The number of fused-ring (bicyclic) bond motifs is 1. The molecule has 0 saturated heterocycles. The van der Waals surface area contributed by atoms with Crippen LogP contribution >= 0.6 is 15.9 Å². The third-order valence-corrected chi connectivity index (χ3v) is 3.92. The van der Waals surface area contributed by atoms with E-state index in [-0.39, 0.29) is 5.56 Å². The molecule has 0 atom stereocenters. The summed E-state index contributed by atoms with van der Waals surface area (Å²) in [6.45, 7) is 3.17. The van der Waals surface area contributed by atoms with Crippen LogP contribution in [0.25, 0.3) is 10.9 Å². The maximum Gasteiger partial charge on any atom is 0.261 e. The van der Waals surface area contributed by atoms with Crippen molar-refractivity contribution in [3.05, 3.63) is 45.2 Å². The van der Waals surface area contributed by atoms with E-state index in [9.17, 15) is 4.79 Å². The van der Waals surface area contributed by atoms with Crippen molar-refractivity contribution in [2.75, 3.05) is 0 Å². The average molecular weight is 363 g/mol. The molecule has 114 valence electrons. The first-order valence-electron chi connectivity index (χ1n) is 7.09. The number of benzene rings is 1. The summed E-state index contributed by atoms with van der Waals surface area (Å²) in [6, 6.07) is 5.46. The zero-order valence-electron chi connectivity index (χ0n) is 12.1. The predicted molar refractivity (Wildman–Crippen MR) is 85.5 cm³/mol. The molecule has 0 aliphatic rings. The van der Waals surface area contributed by atoms with E-state index in [4.69, 9.17) is 0 Å². The lowest BCUT2D eigenvalue weighted by Crippen LogP contribution is -2.23. The number of aryl methyl sites for hydroxylation is 1. The molecule has 0 unspecified atom stereocenters. The molecule has 3 rings (SSSR count). The molecule has 2 aromatic heterocycles. The fourth-order valence-corrected chi connectivity index (χ4v) is 2.58. The van der Waals surface area contributed by atoms with E-state index >= 15 is 0 Å². The van der Waals surface area contributed by atoms with Gasteiger partial charge in [0.05, 0.1) is 23.8 Å². The minimum absolute atomic E-state index is 0.101. The molecule has 0 radical (unpaired) electrons. The van der Waals surface area contributed by atoms with Crippen molar-refractivity contribution in [3.8, 4) is 0 Å². The summed E-state index contributed by atoms with van der Waals surface area (Å²) >= 11 is 3.38. The van der Waals surface area contributed by atoms with Gasteiger partial charge in [0.15, 0.2) is 5.82 Å². The van der Waals surface area contributed by atoms with Gasteiger partial charge in [0, 0.05) is 11.0 Å². The summed E-state index contributed by atoms with van der Waals surface area (Å²) in [7, 11) is 0. The molecule has 7 nitrogen and oxygen atoms in total. The molecule has 0 spiro atoms. The number of aromatic nitrogens is 6. The van der Waals surface area contributed by atoms with Gasteiger partial charge in [-0.15, -0.1) is 5.10 Å². The van der Waals surface area contributed by atoms with Crippen molar-refractivity contribution in [3.63, 3.8) is 0 Å². The number of hydrogen-bond donors (Lipinski definition) is 0. The summed E-state index contributed by atoms with van der Waals surface area (Å²) < 4.78 is 4.12. The molecular formula is C14H15BrN6O. The van der Waals surface area contributed by atoms with E-state index in [0.29, 0.717) is 23.3 Å². The Morgan fingerprint density at radius 1 is 1.32 bits per heavy atom. The second-order valence-corrected chi connectivity index (χ2v) is 5.93. The number of halogens is 1. The van der Waals surface area contributed by atoms with Crippen molar-refractivity contribution in [2.45, 2.75) is 32.9 Å². The Labute approximate surface area is 135 Å². The van der Waals surface area contributed by atoms with Crippen molar-refractivity contribution < 1.29 is 0 Å². The first-order valence-corrected chi connectivity index (χ1v) is 7.88. The van der Waals surface area contributed by atoms with Crippen LogP contribution in [0, 0.1) is 0 Å². The number of nitrogens with zero attached hydrogens (tertiary/aromatic N) is 6. The van der Waals surface area contributed by atoms with Gasteiger partial charge in [0.1, 0.15) is 0 Å². The van der Waals surface area contributed by atoms with Gasteiger partial charge in [0.25, 0.3) is 5.56 Å². The second-order valence-electron chi connectivity index (χ2n) is 5.01. The van der Waals surface area contributed by atoms with Crippen LogP contribution in [0.4, 0.5) is 0 Å². The monoisotopic (exact) mass is 362 g/mol. The van der Waals surface area contributed by atoms with E-state index in [1.54, 1.807) is 10.7 Å². The molecule has 0 amide bonds. The molecule has 22 heavy (non-hydrogen) atoms. The smallest absolute Gasteiger partial charge is 0.261 e. The number of unbranched alkanes of at least 4 members (excludes halogenated alkanes) is 1. The van der Waals surface area contributed by atoms with Crippen LogP contribution in [-0.2, 0) is 13.1 Å². The van der Waals surface area contributed by atoms with Crippen molar-refractivity contribution in [1.29, 1.82) is 0 Å². The van der Waals surface area contributed by atoms with Gasteiger partial charge in [-0.2, -0.15) is 0 Å². The number of tetrazole rings is 1. The van der Waals surface area contributed by atoms with Crippen molar-refractivity contribution in [2.24, 2.45) is 0 Å². The first-order chi connectivity index (χ1) is 10.7. The predicted octanol–water partition coefficient (Wildman–Crippen LogP) is 1.99. The minimum atomic E-state index is -0.101. The Balaban J connectivity index is 1.96. The summed E-state index contributed by atoms with van der Waals surface area (Å²) in [5, 5.41) is 12.2. The highest BCUT2D eigenvalue weighted by Crippen LogP contribution is 2.15. The minimum Gasteiger partial charge on any atom is -0.291 e.